The summed E-state index contributed by atoms with van der Waals surface area (Å²) in [5, 5.41) is 10.3. The molecular weight excluding hydrogens is 442 g/mol. The normalized spacial score (nSPS) is 23.9. The Hall–Kier alpha value is -2.46. The van der Waals surface area contributed by atoms with Crippen molar-refractivity contribution in [3.63, 3.8) is 0 Å². The maximum absolute atomic E-state index is 10.0. The molecule has 0 bridgehead atoms. The summed E-state index contributed by atoms with van der Waals surface area (Å²) in [7, 11) is 0. The van der Waals surface area contributed by atoms with E-state index in [9.17, 15) is 5.11 Å². The van der Waals surface area contributed by atoms with Crippen molar-refractivity contribution in [2.75, 3.05) is 24.6 Å². The number of nitrogens with two attached hydrogens (primary N) is 2. The van der Waals surface area contributed by atoms with Gasteiger partial charge in [0, 0.05) is 35.7 Å². The number of nitrogens with zero attached hydrogens (tertiary/aromatic N) is 5. The number of aliphatic imine (C=N–C) groups is 1. The number of hydrogen-bond donors (Lipinski definition) is 3. The van der Waals surface area contributed by atoms with Crippen LogP contribution in [0.2, 0.25) is 0 Å². The maximum atomic E-state index is 10.0. The predicted octanol–water partition coefficient (Wildman–Crippen LogP) is 2.33. The Labute approximate surface area is 198 Å². The summed E-state index contributed by atoms with van der Waals surface area (Å²) >= 11 is 6.53. The van der Waals surface area contributed by atoms with E-state index in [1.807, 2.05) is 31.2 Å². The van der Waals surface area contributed by atoms with Crippen LogP contribution in [0.4, 0.5) is 5.95 Å². The number of aliphatic hydroxyl groups is 1. The van der Waals surface area contributed by atoms with E-state index in [0.29, 0.717) is 23.5 Å². The van der Waals surface area contributed by atoms with Crippen molar-refractivity contribution in [1.82, 2.24) is 14.4 Å². The summed E-state index contributed by atoms with van der Waals surface area (Å²) in [6.45, 7) is 11.4. The molecular formula is C23H32ClN7O2. The third kappa shape index (κ3) is 3.82. The van der Waals surface area contributed by atoms with Crippen molar-refractivity contribution >= 4 is 35.5 Å². The van der Waals surface area contributed by atoms with Gasteiger partial charge in [0.25, 0.3) is 0 Å². The van der Waals surface area contributed by atoms with Gasteiger partial charge in [-0.2, -0.15) is 0 Å². The number of piperidine rings is 1. The maximum Gasteiger partial charge on any atom is 0.211 e. The molecule has 1 spiro atoms. The highest BCUT2D eigenvalue weighted by Crippen LogP contribution is 2.42. The summed E-state index contributed by atoms with van der Waals surface area (Å²) in [6, 6.07) is 0.0353. The Morgan fingerprint density at radius 2 is 2.15 bits per heavy atom. The first-order chi connectivity index (χ1) is 15.8. The number of halogens is 1. The zero-order valence-electron chi connectivity index (χ0n) is 19.4. The monoisotopic (exact) mass is 473 g/mol. The van der Waals surface area contributed by atoms with Gasteiger partial charge in [-0.05, 0) is 40.3 Å². The molecule has 4 rings (SSSR count). The molecule has 4 heterocycles. The fourth-order valence-corrected chi connectivity index (χ4v) is 5.32. The number of rotatable bonds is 5. The van der Waals surface area contributed by atoms with Gasteiger partial charge < -0.3 is 26.2 Å². The molecule has 178 valence electrons. The van der Waals surface area contributed by atoms with E-state index in [-0.39, 0.29) is 35.0 Å². The number of allylic oxidation sites excluding steroid dienone is 3. The second kappa shape index (κ2) is 9.06. The largest absolute Gasteiger partial charge is 0.390 e. The smallest absolute Gasteiger partial charge is 0.211 e. The van der Waals surface area contributed by atoms with Crippen LogP contribution in [0.25, 0.3) is 11.2 Å². The van der Waals surface area contributed by atoms with Crippen molar-refractivity contribution in [1.29, 1.82) is 0 Å². The summed E-state index contributed by atoms with van der Waals surface area (Å²) < 4.78 is 7.77. The first-order valence-electron chi connectivity index (χ1n) is 11.2. The lowest BCUT2D eigenvalue weighted by Gasteiger charge is -2.41. The van der Waals surface area contributed by atoms with Gasteiger partial charge in [-0.15, -0.1) is 0 Å². The number of hydrogen-bond acceptors (Lipinski definition) is 8. The Balaban J connectivity index is 1.78. The minimum atomic E-state index is -0.169. The van der Waals surface area contributed by atoms with Crippen LogP contribution in [0.5, 0.6) is 0 Å². The molecule has 10 heteroatoms. The number of imidazole rings is 1. The second-order valence-electron chi connectivity index (χ2n) is 8.89. The highest BCUT2D eigenvalue weighted by molar-refractivity contribution is 6.37. The standard InChI is InChI=1S/C23H32ClN7O2/c1-5-16(18(24)20(26)27-4)17-13(2)29-22(31-15(11-32)10-28-21(17)31)30-8-6-23(7-9-30)12-33-14(3)19(23)25/h5,10,14,19,32H,4,6-9,11-12,25-26H2,1-3H3/b16-5-,20-18+/t14-,19+/m0/s1. The first-order valence-corrected chi connectivity index (χ1v) is 11.5. The van der Waals surface area contributed by atoms with Gasteiger partial charge in [0.15, 0.2) is 0 Å². The highest BCUT2D eigenvalue weighted by Gasteiger charge is 2.47. The lowest BCUT2D eigenvalue weighted by molar-refractivity contribution is 0.0973. The predicted molar refractivity (Wildman–Crippen MR) is 131 cm³/mol. The van der Waals surface area contributed by atoms with E-state index >= 15 is 0 Å². The van der Waals surface area contributed by atoms with Crippen LogP contribution in [-0.2, 0) is 11.3 Å². The van der Waals surface area contributed by atoms with E-state index in [1.165, 1.54) is 0 Å². The molecule has 0 aromatic carbocycles. The van der Waals surface area contributed by atoms with Crippen LogP contribution in [0, 0.1) is 12.3 Å². The van der Waals surface area contributed by atoms with Crippen LogP contribution in [0.1, 0.15) is 43.6 Å². The van der Waals surface area contributed by atoms with Crippen LogP contribution >= 0.6 is 11.6 Å². The lowest BCUT2D eigenvalue weighted by atomic mass is 9.73. The Morgan fingerprint density at radius 3 is 2.70 bits per heavy atom. The molecule has 0 unspecified atom stereocenters. The first kappa shape index (κ1) is 23.7. The molecule has 0 amide bonds. The van der Waals surface area contributed by atoms with E-state index in [0.717, 1.165) is 43.1 Å². The summed E-state index contributed by atoms with van der Waals surface area (Å²) in [4.78, 5) is 15.6. The van der Waals surface area contributed by atoms with Crippen LogP contribution in [-0.4, -0.2) is 58.0 Å². The molecule has 5 N–H and O–H groups in total. The average Bonchev–Trinajstić information content (AvgIpc) is 3.37. The zero-order valence-corrected chi connectivity index (χ0v) is 20.1. The Morgan fingerprint density at radius 1 is 1.45 bits per heavy atom. The highest BCUT2D eigenvalue weighted by atomic mass is 35.5. The van der Waals surface area contributed by atoms with E-state index in [1.54, 1.807) is 6.20 Å². The molecule has 0 aliphatic carbocycles. The van der Waals surface area contributed by atoms with Crippen LogP contribution in [0.3, 0.4) is 0 Å². The number of aryl methyl sites for hydroxylation is 1. The molecule has 2 aliphatic heterocycles. The van der Waals surface area contributed by atoms with Gasteiger partial charge in [0.05, 0.1) is 41.9 Å². The molecule has 2 atom stereocenters. The van der Waals surface area contributed by atoms with Crippen LogP contribution < -0.4 is 16.4 Å². The molecule has 9 nitrogen and oxygen atoms in total. The number of aromatic nitrogens is 3. The van der Waals surface area contributed by atoms with E-state index in [2.05, 4.69) is 21.6 Å². The second-order valence-corrected chi connectivity index (χ2v) is 9.27. The number of fused-ring (bicyclic) bond motifs is 1. The van der Waals surface area contributed by atoms with Crippen molar-refractivity contribution in [3.8, 4) is 0 Å². The van der Waals surface area contributed by atoms with Crippen LogP contribution in [0.15, 0.2) is 28.1 Å². The minimum absolute atomic E-state index is 0.00438. The molecule has 33 heavy (non-hydrogen) atoms. The van der Waals surface area contributed by atoms with Crippen molar-refractivity contribution in [2.24, 2.45) is 21.9 Å². The third-order valence-electron chi connectivity index (χ3n) is 7.13. The number of aliphatic hydroxyl groups excluding tert-OH is 1. The number of ether oxygens (including phenoxy) is 1. The third-order valence-corrected chi connectivity index (χ3v) is 7.53. The fourth-order valence-electron chi connectivity index (χ4n) is 5.06. The number of anilines is 1. The quantitative estimate of drug-likeness (QED) is 0.449. The van der Waals surface area contributed by atoms with Crippen molar-refractivity contribution in [3.05, 3.63) is 40.1 Å². The molecule has 0 saturated carbocycles. The van der Waals surface area contributed by atoms with Gasteiger partial charge >= 0.3 is 0 Å². The molecule has 2 aromatic rings. The van der Waals surface area contributed by atoms with Gasteiger partial charge in [0.1, 0.15) is 11.5 Å². The Bertz CT molecular complexity index is 1130. The van der Waals surface area contributed by atoms with Crippen molar-refractivity contribution in [2.45, 2.75) is 52.4 Å². The molecule has 2 fully saturated rings. The summed E-state index contributed by atoms with van der Waals surface area (Å²) in [6.07, 6.45) is 5.43. The molecule has 2 aliphatic rings. The minimum Gasteiger partial charge on any atom is -0.390 e. The lowest BCUT2D eigenvalue weighted by Crippen LogP contribution is -2.51. The SMILES string of the molecule is C=N/C(N)=C(Cl)\C(=C/C)c1c(C)nc(N2CCC3(CC2)CO[C@@H](C)[C@H]3N)n2c(CO)cnc12. The summed E-state index contributed by atoms with van der Waals surface area (Å²) in [5.41, 5.74) is 15.9. The van der Waals surface area contributed by atoms with E-state index in [4.69, 9.17) is 32.8 Å². The Kier molecular flexibility index (Phi) is 6.50. The van der Waals surface area contributed by atoms with E-state index < -0.39 is 0 Å². The molecule has 0 radical (unpaired) electrons. The zero-order chi connectivity index (χ0) is 23.9. The van der Waals surface area contributed by atoms with Gasteiger partial charge in [-0.25, -0.2) is 15.0 Å². The molecule has 2 saturated heterocycles. The van der Waals surface area contributed by atoms with Gasteiger partial charge in [-0.3, -0.25) is 4.40 Å². The molecule has 2 aromatic heterocycles. The average molecular weight is 474 g/mol. The fraction of sp³-hybridized carbons (Fsp3) is 0.522. The van der Waals surface area contributed by atoms with Gasteiger partial charge in [0.2, 0.25) is 5.95 Å². The van der Waals surface area contributed by atoms with Crippen molar-refractivity contribution < 1.29 is 9.84 Å². The topological polar surface area (TPSA) is 127 Å². The summed E-state index contributed by atoms with van der Waals surface area (Å²) in [5.74, 6) is 0.875. The van der Waals surface area contributed by atoms with Gasteiger partial charge in [-0.1, -0.05) is 17.7 Å².